The van der Waals surface area contributed by atoms with Crippen LogP contribution in [0.25, 0.3) is 11.0 Å². The summed E-state index contributed by atoms with van der Waals surface area (Å²) in [5.41, 5.74) is 6.38. The summed E-state index contributed by atoms with van der Waals surface area (Å²) in [4.78, 5) is 28.6. The first-order valence-electron chi connectivity index (χ1n) is 9.38. The maximum absolute atomic E-state index is 12.2. The van der Waals surface area contributed by atoms with Crippen molar-refractivity contribution in [2.45, 2.75) is 26.1 Å². The highest BCUT2D eigenvalue weighted by Gasteiger charge is 2.16. The van der Waals surface area contributed by atoms with Crippen LogP contribution in [0.1, 0.15) is 22.3 Å². The maximum atomic E-state index is 12.2. The largest absolute Gasteiger partial charge is 0.344 e. The van der Waals surface area contributed by atoms with E-state index in [9.17, 15) is 9.59 Å². The van der Waals surface area contributed by atoms with Gasteiger partial charge < -0.3 is 20.5 Å². The third kappa shape index (κ3) is 3.75. The van der Waals surface area contributed by atoms with Gasteiger partial charge in [0.25, 0.3) is 0 Å². The van der Waals surface area contributed by atoms with E-state index in [1.807, 2.05) is 41.9 Å². The number of imidazole rings is 1. The van der Waals surface area contributed by atoms with E-state index in [2.05, 4.69) is 27.0 Å². The van der Waals surface area contributed by atoms with Crippen molar-refractivity contribution in [1.29, 1.82) is 0 Å². The fraction of sp³-hybridized carbons (Fsp3) is 0.286. The SMILES string of the molecule is Cn1cnc2cc(CNC(=O)C(=O)NCc3cccc4c3CCNC4)ccc21. The number of benzene rings is 2. The molecule has 1 aliphatic heterocycles. The molecule has 7 heteroatoms. The van der Waals surface area contributed by atoms with Crippen molar-refractivity contribution in [3.63, 3.8) is 0 Å². The highest BCUT2D eigenvalue weighted by Crippen LogP contribution is 2.18. The summed E-state index contributed by atoms with van der Waals surface area (Å²) >= 11 is 0. The second-order valence-corrected chi connectivity index (χ2v) is 7.03. The van der Waals surface area contributed by atoms with Crippen LogP contribution >= 0.6 is 0 Å². The van der Waals surface area contributed by atoms with Crippen molar-refractivity contribution in [2.24, 2.45) is 7.05 Å². The first-order chi connectivity index (χ1) is 13.6. The zero-order chi connectivity index (χ0) is 19.5. The molecule has 2 aromatic carbocycles. The summed E-state index contributed by atoms with van der Waals surface area (Å²) in [6.45, 7) is 2.41. The van der Waals surface area contributed by atoms with Gasteiger partial charge in [-0.3, -0.25) is 9.59 Å². The molecule has 4 rings (SSSR count). The van der Waals surface area contributed by atoms with Crippen molar-refractivity contribution in [1.82, 2.24) is 25.5 Å². The molecule has 0 unspecified atom stereocenters. The minimum atomic E-state index is -0.632. The second kappa shape index (κ2) is 7.82. The third-order valence-corrected chi connectivity index (χ3v) is 5.13. The van der Waals surface area contributed by atoms with Gasteiger partial charge in [-0.1, -0.05) is 24.3 Å². The van der Waals surface area contributed by atoms with E-state index >= 15 is 0 Å². The molecular weight excluding hydrogens is 354 g/mol. The van der Waals surface area contributed by atoms with Crippen molar-refractivity contribution < 1.29 is 9.59 Å². The van der Waals surface area contributed by atoms with Gasteiger partial charge in [0, 0.05) is 26.7 Å². The number of nitrogens with zero attached hydrogens (tertiary/aromatic N) is 2. The van der Waals surface area contributed by atoms with E-state index in [1.165, 1.54) is 11.1 Å². The van der Waals surface area contributed by atoms with Gasteiger partial charge in [0.15, 0.2) is 0 Å². The fourth-order valence-electron chi connectivity index (χ4n) is 3.59. The molecule has 7 nitrogen and oxygen atoms in total. The first kappa shape index (κ1) is 18.2. The number of carbonyl (C=O) groups excluding carboxylic acids is 2. The Balaban J connectivity index is 1.33. The van der Waals surface area contributed by atoms with E-state index in [1.54, 1.807) is 6.33 Å². The first-order valence-corrected chi connectivity index (χ1v) is 9.38. The summed E-state index contributed by atoms with van der Waals surface area (Å²) in [6.07, 6.45) is 2.68. The van der Waals surface area contributed by atoms with Gasteiger partial charge >= 0.3 is 11.8 Å². The van der Waals surface area contributed by atoms with Gasteiger partial charge in [0.1, 0.15) is 0 Å². The summed E-state index contributed by atoms with van der Waals surface area (Å²) in [5, 5.41) is 8.74. The maximum Gasteiger partial charge on any atom is 0.309 e. The van der Waals surface area contributed by atoms with E-state index in [0.29, 0.717) is 6.54 Å². The van der Waals surface area contributed by atoms with E-state index < -0.39 is 11.8 Å². The summed E-state index contributed by atoms with van der Waals surface area (Å²) in [6, 6.07) is 11.9. The lowest BCUT2D eigenvalue weighted by molar-refractivity contribution is -0.139. The van der Waals surface area contributed by atoms with Crippen molar-refractivity contribution >= 4 is 22.8 Å². The summed E-state index contributed by atoms with van der Waals surface area (Å²) in [7, 11) is 1.93. The average Bonchev–Trinajstić information content (AvgIpc) is 3.10. The van der Waals surface area contributed by atoms with Crippen LogP contribution in [0.3, 0.4) is 0 Å². The van der Waals surface area contributed by atoms with Crippen LogP contribution in [-0.4, -0.2) is 27.9 Å². The number of fused-ring (bicyclic) bond motifs is 2. The van der Waals surface area contributed by atoms with Gasteiger partial charge in [-0.25, -0.2) is 4.98 Å². The van der Waals surface area contributed by atoms with Crippen LogP contribution < -0.4 is 16.0 Å². The van der Waals surface area contributed by atoms with Crippen LogP contribution in [-0.2, 0) is 42.7 Å². The number of hydrogen-bond donors (Lipinski definition) is 3. The number of nitrogens with one attached hydrogen (secondary N) is 3. The molecule has 1 aliphatic rings. The molecule has 0 saturated carbocycles. The molecule has 0 bridgehead atoms. The second-order valence-electron chi connectivity index (χ2n) is 7.03. The Labute approximate surface area is 163 Å². The standard InChI is InChI=1S/C21H23N5O2/c1-26-13-25-18-9-14(5-6-19(18)26)10-23-20(27)21(28)24-12-16-4-2-3-15-11-22-8-7-17(15)16/h2-6,9,13,22H,7-8,10-12H2,1H3,(H,23,27)(H,24,28). The van der Waals surface area contributed by atoms with Crippen molar-refractivity contribution in [3.05, 3.63) is 65.0 Å². The molecule has 0 aliphatic carbocycles. The number of aryl methyl sites for hydroxylation is 1. The zero-order valence-corrected chi connectivity index (χ0v) is 15.8. The van der Waals surface area contributed by atoms with Gasteiger partial charge in [0.2, 0.25) is 0 Å². The summed E-state index contributed by atoms with van der Waals surface area (Å²) < 4.78 is 1.93. The quantitative estimate of drug-likeness (QED) is 0.595. The Kier molecular flexibility index (Phi) is 5.08. The Morgan fingerprint density at radius 3 is 2.82 bits per heavy atom. The van der Waals surface area contributed by atoms with E-state index in [4.69, 9.17) is 0 Å². The zero-order valence-electron chi connectivity index (χ0n) is 15.8. The number of carbonyl (C=O) groups is 2. The Morgan fingerprint density at radius 2 is 1.96 bits per heavy atom. The van der Waals surface area contributed by atoms with Crippen LogP contribution in [0.4, 0.5) is 0 Å². The molecule has 0 atom stereocenters. The molecule has 1 aromatic heterocycles. The topological polar surface area (TPSA) is 88.0 Å². The van der Waals surface area contributed by atoms with Gasteiger partial charge in [0.05, 0.1) is 17.4 Å². The van der Waals surface area contributed by atoms with Crippen molar-refractivity contribution in [2.75, 3.05) is 6.54 Å². The molecule has 2 heterocycles. The van der Waals surface area contributed by atoms with E-state index in [-0.39, 0.29) is 6.54 Å². The lowest BCUT2D eigenvalue weighted by atomic mass is 9.95. The number of hydrogen-bond acceptors (Lipinski definition) is 4. The predicted molar refractivity (Wildman–Crippen MR) is 106 cm³/mol. The lowest BCUT2D eigenvalue weighted by Gasteiger charge is -2.20. The molecule has 0 fully saturated rings. The fourth-order valence-corrected chi connectivity index (χ4v) is 3.59. The molecule has 0 spiro atoms. The average molecular weight is 377 g/mol. The molecule has 3 aromatic rings. The molecule has 28 heavy (non-hydrogen) atoms. The summed E-state index contributed by atoms with van der Waals surface area (Å²) in [5.74, 6) is -1.25. The minimum Gasteiger partial charge on any atom is -0.344 e. The van der Waals surface area contributed by atoms with Gasteiger partial charge in [-0.2, -0.15) is 0 Å². The monoisotopic (exact) mass is 377 g/mol. The number of rotatable bonds is 4. The van der Waals surface area contributed by atoms with Crippen molar-refractivity contribution in [3.8, 4) is 0 Å². The van der Waals surface area contributed by atoms with Crippen LogP contribution in [0.5, 0.6) is 0 Å². The molecule has 3 N–H and O–H groups in total. The number of amides is 2. The smallest absolute Gasteiger partial charge is 0.309 e. The Bertz CT molecular complexity index is 1040. The molecule has 0 radical (unpaired) electrons. The minimum absolute atomic E-state index is 0.283. The molecule has 0 saturated heterocycles. The highest BCUT2D eigenvalue weighted by atomic mass is 16.2. The lowest BCUT2D eigenvalue weighted by Crippen LogP contribution is -2.39. The van der Waals surface area contributed by atoms with Gasteiger partial charge in [-0.05, 0) is 47.4 Å². The van der Waals surface area contributed by atoms with Crippen LogP contribution in [0.15, 0.2) is 42.7 Å². The number of aromatic nitrogens is 2. The Hall–Kier alpha value is -3.19. The Morgan fingerprint density at radius 1 is 1.14 bits per heavy atom. The van der Waals surface area contributed by atoms with Gasteiger partial charge in [-0.15, -0.1) is 0 Å². The normalized spacial score (nSPS) is 13.2. The highest BCUT2D eigenvalue weighted by molar-refractivity contribution is 6.35. The molecular formula is C21H23N5O2. The third-order valence-electron chi connectivity index (χ3n) is 5.13. The van der Waals surface area contributed by atoms with E-state index in [0.717, 1.165) is 41.7 Å². The predicted octanol–water partition coefficient (Wildman–Crippen LogP) is 1.15. The van der Waals surface area contributed by atoms with Crippen LogP contribution in [0, 0.1) is 0 Å². The molecule has 144 valence electrons. The van der Waals surface area contributed by atoms with Crippen LogP contribution in [0.2, 0.25) is 0 Å². The molecule has 2 amide bonds.